The highest BCUT2D eigenvalue weighted by Crippen LogP contribution is 2.24. The van der Waals surface area contributed by atoms with E-state index in [1.54, 1.807) is 0 Å². The monoisotopic (exact) mass is 365 g/mol. The predicted octanol–water partition coefficient (Wildman–Crippen LogP) is 1.97. The number of nitrogens with one attached hydrogen (secondary N) is 1. The van der Waals surface area contributed by atoms with Crippen molar-refractivity contribution in [1.29, 1.82) is 0 Å². The van der Waals surface area contributed by atoms with Crippen LogP contribution in [0.4, 0.5) is 0 Å². The van der Waals surface area contributed by atoms with Crippen molar-refractivity contribution < 1.29 is 9.59 Å². The topological polar surface area (TPSA) is 52.7 Å². The Morgan fingerprint density at radius 3 is 2.60 bits per heavy atom. The number of halogens is 1. The highest BCUT2D eigenvalue weighted by molar-refractivity contribution is 5.89. The van der Waals surface area contributed by atoms with Crippen molar-refractivity contribution in [3.63, 3.8) is 0 Å². The highest BCUT2D eigenvalue weighted by atomic mass is 35.5. The lowest BCUT2D eigenvalue weighted by Gasteiger charge is -2.39. The molecule has 0 spiro atoms. The first-order chi connectivity index (χ1) is 11.5. The van der Waals surface area contributed by atoms with Gasteiger partial charge in [-0.1, -0.05) is 29.8 Å². The molecule has 0 aromatic heterocycles. The van der Waals surface area contributed by atoms with Crippen LogP contribution in [0.3, 0.4) is 0 Å². The first-order valence-electron chi connectivity index (χ1n) is 8.83. The molecule has 6 heteroatoms. The molecule has 0 saturated carbocycles. The lowest BCUT2D eigenvalue weighted by Crippen LogP contribution is -2.58. The van der Waals surface area contributed by atoms with Crippen LogP contribution in [0.2, 0.25) is 0 Å². The highest BCUT2D eigenvalue weighted by Gasteiger charge is 2.39. The smallest absolute Gasteiger partial charge is 0.228 e. The maximum absolute atomic E-state index is 12.9. The van der Waals surface area contributed by atoms with E-state index in [2.05, 4.69) is 50.4 Å². The Balaban J connectivity index is 0.00000225. The molecule has 1 aromatic carbocycles. The average Bonchev–Trinajstić information content (AvgIpc) is 2.92. The molecule has 0 aliphatic carbocycles. The number of piperazine rings is 1. The van der Waals surface area contributed by atoms with Crippen LogP contribution < -0.4 is 5.32 Å². The Morgan fingerprint density at radius 1 is 1.24 bits per heavy atom. The van der Waals surface area contributed by atoms with Crippen LogP contribution in [0, 0.1) is 12.8 Å². The van der Waals surface area contributed by atoms with E-state index in [1.807, 2.05) is 9.80 Å². The second-order valence-corrected chi connectivity index (χ2v) is 7.18. The minimum absolute atomic E-state index is 0. The Morgan fingerprint density at radius 2 is 1.92 bits per heavy atom. The molecule has 2 aliphatic heterocycles. The van der Waals surface area contributed by atoms with Gasteiger partial charge in [-0.05, 0) is 26.3 Å². The van der Waals surface area contributed by atoms with E-state index in [-0.39, 0.29) is 36.2 Å². The molecular formula is C19H28ClN3O2. The molecule has 3 unspecified atom stereocenters. The van der Waals surface area contributed by atoms with Crippen molar-refractivity contribution in [3.05, 3.63) is 35.4 Å². The number of nitrogens with zero attached hydrogens (tertiary/aromatic N) is 2. The SMILES string of the molecule is Cc1ccc(CN2CC(C(=O)N3CCNC(C)C3C)CC2=O)cc1.Cl. The fourth-order valence-electron chi connectivity index (χ4n) is 3.61. The van der Waals surface area contributed by atoms with Gasteiger partial charge in [-0.2, -0.15) is 0 Å². The summed E-state index contributed by atoms with van der Waals surface area (Å²) in [5.41, 5.74) is 2.33. The Kier molecular flexibility index (Phi) is 6.47. The van der Waals surface area contributed by atoms with Crippen molar-refractivity contribution >= 4 is 24.2 Å². The second-order valence-electron chi connectivity index (χ2n) is 7.18. The molecule has 5 nitrogen and oxygen atoms in total. The van der Waals surface area contributed by atoms with E-state index in [0.717, 1.165) is 18.7 Å². The normalized spacial score (nSPS) is 26.5. The summed E-state index contributed by atoms with van der Waals surface area (Å²) in [5, 5.41) is 3.39. The van der Waals surface area contributed by atoms with Crippen LogP contribution in [-0.4, -0.2) is 53.3 Å². The number of carbonyl (C=O) groups is 2. The first kappa shape index (κ1) is 19.7. The number of hydrogen-bond donors (Lipinski definition) is 1. The number of rotatable bonds is 3. The summed E-state index contributed by atoms with van der Waals surface area (Å²) >= 11 is 0. The third-order valence-corrected chi connectivity index (χ3v) is 5.38. The largest absolute Gasteiger partial charge is 0.338 e. The molecule has 0 radical (unpaired) electrons. The van der Waals surface area contributed by atoms with Gasteiger partial charge >= 0.3 is 0 Å². The van der Waals surface area contributed by atoms with Gasteiger partial charge in [0.2, 0.25) is 11.8 Å². The Hall–Kier alpha value is -1.59. The molecule has 1 N–H and O–H groups in total. The summed E-state index contributed by atoms with van der Waals surface area (Å²) in [5.74, 6) is 0.0241. The lowest BCUT2D eigenvalue weighted by atomic mass is 10.0. The van der Waals surface area contributed by atoms with Crippen LogP contribution >= 0.6 is 12.4 Å². The van der Waals surface area contributed by atoms with Gasteiger partial charge in [0.25, 0.3) is 0 Å². The van der Waals surface area contributed by atoms with Gasteiger partial charge in [0.15, 0.2) is 0 Å². The third kappa shape index (κ3) is 4.33. The van der Waals surface area contributed by atoms with Crippen LogP contribution in [0.5, 0.6) is 0 Å². The molecule has 2 amide bonds. The van der Waals surface area contributed by atoms with E-state index in [4.69, 9.17) is 0 Å². The zero-order valence-electron chi connectivity index (χ0n) is 15.2. The molecule has 3 atom stereocenters. The van der Waals surface area contributed by atoms with E-state index in [9.17, 15) is 9.59 Å². The van der Waals surface area contributed by atoms with Crippen molar-refractivity contribution in [3.8, 4) is 0 Å². The predicted molar refractivity (Wildman–Crippen MR) is 101 cm³/mol. The molecule has 0 bridgehead atoms. The van der Waals surface area contributed by atoms with Gasteiger partial charge in [-0.25, -0.2) is 0 Å². The molecule has 2 heterocycles. The number of hydrogen-bond acceptors (Lipinski definition) is 3. The van der Waals surface area contributed by atoms with Gasteiger partial charge in [0, 0.05) is 44.7 Å². The summed E-state index contributed by atoms with van der Waals surface area (Å²) < 4.78 is 0. The maximum Gasteiger partial charge on any atom is 0.228 e. The molecule has 138 valence electrons. The molecule has 2 fully saturated rings. The van der Waals surface area contributed by atoms with Gasteiger partial charge in [-0.15, -0.1) is 12.4 Å². The summed E-state index contributed by atoms with van der Waals surface area (Å²) in [6.07, 6.45) is 0.343. The van der Waals surface area contributed by atoms with Crippen molar-refractivity contribution in [2.24, 2.45) is 5.92 Å². The minimum atomic E-state index is -0.198. The molecule has 1 aromatic rings. The molecule has 2 saturated heterocycles. The fraction of sp³-hybridized carbons (Fsp3) is 0.579. The summed E-state index contributed by atoms with van der Waals surface area (Å²) in [6, 6.07) is 8.69. The standard InChI is InChI=1S/C19H27N3O2.ClH/c1-13-4-6-16(7-5-13)11-21-12-17(10-18(21)23)19(24)22-9-8-20-14(2)15(22)3;/h4-7,14-15,17,20H,8-12H2,1-3H3;1H. The van der Waals surface area contributed by atoms with Crippen LogP contribution in [0.1, 0.15) is 31.4 Å². The minimum Gasteiger partial charge on any atom is -0.338 e. The van der Waals surface area contributed by atoms with Crippen LogP contribution in [0.15, 0.2) is 24.3 Å². The third-order valence-electron chi connectivity index (χ3n) is 5.38. The fourth-order valence-corrected chi connectivity index (χ4v) is 3.61. The van der Waals surface area contributed by atoms with Gasteiger partial charge < -0.3 is 15.1 Å². The Labute approximate surface area is 156 Å². The summed E-state index contributed by atoms with van der Waals surface area (Å²) in [7, 11) is 0. The van der Waals surface area contributed by atoms with Crippen LogP contribution in [-0.2, 0) is 16.1 Å². The van der Waals surface area contributed by atoms with E-state index < -0.39 is 0 Å². The van der Waals surface area contributed by atoms with Gasteiger partial charge in [0.1, 0.15) is 0 Å². The van der Waals surface area contributed by atoms with E-state index in [1.165, 1.54) is 5.56 Å². The number of likely N-dealkylation sites (tertiary alicyclic amines) is 1. The van der Waals surface area contributed by atoms with E-state index in [0.29, 0.717) is 25.6 Å². The number of amides is 2. The van der Waals surface area contributed by atoms with Gasteiger partial charge in [0.05, 0.1) is 5.92 Å². The van der Waals surface area contributed by atoms with E-state index >= 15 is 0 Å². The first-order valence-corrected chi connectivity index (χ1v) is 8.83. The molecule has 2 aliphatic rings. The number of carbonyl (C=O) groups excluding carboxylic acids is 2. The van der Waals surface area contributed by atoms with Crippen molar-refractivity contribution in [1.82, 2.24) is 15.1 Å². The quantitative estimate of drug-likeness (QED) is 0.891. The maximum atomic E-state index is 12.9. The molecule has 25 heavy (non-hydrogen) atoms. The summed E-state index contributed by atoms with van der Waals surface area (Å²) in [4.78, 5) is 29.0. The second kappa shape index (κ2) is 8.19. The zero-order valence-corrected chi connectivity index (χ0v) is 16.0. The molecular weight excluding hydrogens is 338 g/mol. The summed E-state index contributed by atoms with van der Waals surface area (Å²) in [6.45, 7) is 8.92. The lowest BCUT2D eigenvalue weighted by molar-refractivity contribution is -0.139. The van der Waals surface area contributed by atoms with Crippen molar-refractivity contribution in [2.75, 3.05) is 19.6 Å². The average molecular weight is 366 g/mol. The zero-order chi connectivity index (χ0) is 17.3. The van der Waals surface area contributed by atoms with Crippen molar-refractivity contribution in [2.45, 2.75) is 45.8 Å². The van der Waals surface area contributed by atoms with Crippen LogP contribution in [0.25, 0.3) is 0 Å². The number of benzene rings is 1. The van der Waals surface area contributed by atoms with Gasteiger partial charge in [-0.3, -0.25) is 9.59 Å². The Bertz CT molecular complexity index is 620. The number of aryl methyl sites for hydroxylation is 1. The molecule has 3 rings (SSSR count).